The normalized spacial score (nSPS) is 19.2. The molecule has 0 aromatic heterocycles. The standard InChI is InChI=1S/C21H28ClNO5/c22-17-6-3-5-16(13-17)14-18(24)8-9-19-20(25)7-4-11-23(19)10-1-2-12-28-15-21(26)27/h3,5-6,8-9,13,18-19,24H,1-2,4,7,10-12,14-15H2,(H,26,27)/b9-8+/t18?,19-/m1/s1. The highest BCUT2D eigenvalue weighted by Gasteiger charge is 2.27. The van der Waals surface area contributed by atoms with Crippen molar-refractivity contribution in [2.45, 2.75) is 44.2 Å². The van der Waals surface area contributed by atoms with Crippen molar-refractivity contribution in [1.82, 2.24) is 4.90 Å². The third-order valence-corrected chi connectivity index (χ3v) is 4.89. The number of carboxylic acid groups (broad SMARTS) is 1. The number of piperidine rings is 1. The van der Waals surface area contributed by atoms with Crippen LogP contribution in [-0.4, -0.2) is 65.3 Å². The van der Waals surface area contributed by atoms with Gasteiger partial charge in [0.05, 0.1) is 12.1 Å². The molecule has 0 aliphatic carbocycles. The molecule has 154 valence electrons. The molecule has 0 radical (unpaired) electrons. The minimum atomic E-state index is -0.969. The fraction of sp³-hybridized carbons (Fsp3) is 0.524. The molecule has 28 heavy (non-hydrogen) atoms. The molecule has 0 bridgehead atoms. The van der Waals surface area contributed by atoms with Gasteiger partial charge in [-0.1, -0.05) is 35.9 Å². The van der Waals surface area contributed by atoms with Gasteiger partial charge < -0.3 is 14.9 Å². The molecule has 1 unspecified atom stereocenters. The molecule has 0 amide bonds. The zero-order valence-electron chi connectivity index (χ0n) is 15.9. The van der Waals surface area contributed by atoms with Crippen molar-refractivity contribution in [3.8, 4) is 0 Å². The molecular formula is C21H28ClNO5. The van der Waals surface area contributed by atoms with E-state index in [1.54, 1.807) is 18.2 Å². The zero-order valence-corrected chi connectivity index (χ0v) is 16.7. The van der Waals surface area contributed by atoms with Gasteiger partial charge in [-0.25, -0.2) is 4.79 Å². The van der Waals surface area contributed by atoms with Crippen molar-refractivity contribution in [3.63, 3.8) is 0 Å². The molecule has 6 nitrogen and oxygen atoms in total. The van der Waals surface area contributed by atoms with Gasteiger partial charge >= 0.3 is 5.97 Å². The van der Waals surface area contributed by atoms with Gasteiger partial charge in [0, 0.05) is 24.5 Å². The molecule has 1 aromatic carbocycles. The number of unbranched alkanes of at least 4 members (excludes halogenated alkanes) is 1. The van der Waals surface area contributed by atoms with Gasteiger partial charge in [-0.05, 0) is 50.0 Å². The Morgan fingerprint density at radius 1 is 1.39 bits per heavy atom. The van der Waals surface area contributed by atoms with Crippen molar-refractivity contribution < 1.29 is 24.5 Å². The minimum absolute atomic E-state index is 0.166. The van der Waals surface area contributed by atoms with Crippen LogP contribution in [0.2, 0.25) is 5.02 Å². The number of carbonyl (C=O) groups excluding carboxylic acids is 1. The van der Waals surface area contributed by atoms with Crippen molar-refractivity contribution in [2.24, 2.45) is 0 Å². The summed E-state index contributed by atoms with van der Waals surface area (Å²) in [6.45, 7) is 1.69. The van der Waals surface area contributed by atoms with Crippen LogP contribution < -0.4 is 0 Å². The number of aliphatic hydroxyl groups excluding tert-OH is 1. The number of aliphatic carboxylic acids is 1. The summed E-state index contributed by atoms with van der Waals surface area (Å²) in [5, 5.41) is 19.5. The van der Waals surface area contributed by atoms with E-state index in [2.05, 4.69) is 4.90 Å². The number of aliphatic hydroxyl groups is 1. The van der Waals surface area contributed by atoms with Crippen LogP contribution in [0, 0.1) is 0 Å². The molecule has 2 N–H and O–H groups in total. The van der Waals surface area contributed by atoms with Crippen molar-refractivity contribution in [3.05, 3.63) is 47.0 Å². The summed E-state index contributed by atoms with van der Waals surface area (Å²) in [5.74, 6) is -0.803. The van der Waals surface area contributed by atoms with Gasteiger partial charge in [0.25, 0.3) is 0 Å². The van der Waals surface area contributed by atoms with Crippen LogP contribution in [0.15, 0.2) is 36.4 Å². The van der Waals surface area contributed by atoms with Gasteiger partial charge in [0.1, 0.15) is 6.61 Å². The number of ether oxygens (including phenoxy) is 1. The van der Waals surface area contributed by atoms with Crippen LogP contribution in [0.25, 0.3) is 0 Å². The number of nitrogens with zero attached hydrogens (tertiary/aromatic N) is 1. The molecule has 2 rings (SSSR count). The maximum atomic E-state index is 12.3. The van der Waals surface area contributed by atoms with Crippen molar-refractivity contribution in [1.29, 1.82) is 0 Å². The van der Waals surface area contributed by atoms with E-state index in [1.165, 1.54) is 0 Å². The Balaban J connectivity index is 1.82. The SMILES string of the molecule is O=C(O)COCCCCN1CCCC(=O)[C@H]1/C=C/C(O)Cc1cccc(Cl)c1. The Hall–Kier alpha value is -1.73. The van der Waals surface area contributed by atoms with Crippen molar-refractivity contribution >= 4 is 23.4 Å². The van der Waals surface area contributed by atoms with Crippen LogP contribution in [0.4, 0.5) is 0 Å². The summed E-state index contributed by atoms with van der Waals surface area (Å²) < 4.78 is 5.03. The second-order valence-electron chi connectivity index (χ2n) is 6.99. The lowest BCUT2D eigenvalue weighted by molar-refractivity contribution is -0.142. The number of likely N-dealkylation sites (tertiary alicyclic amines) is 1. The van der Waals surface area contributed by atoms with E-state index in [4.69, 9.17) is 21.4 Å². The van der Waals surface area contributed by atoms with Crippen LogP contribution in [0.1, 0.15) is 31.2 Å². The molecule has 1 aliphatic heterocycles. The molecule has 1 fully saturated rings. The number of hydrogen-bond donors (Lipinski definition) is 2. The number of rotatable bonds is 11. The predicted molar refractivity (Wildman–Crippen MR) is 108 cm³/mol. The van der Waals surface area contributed by atoms with E-state index in [9.17, 15) is 14.7 Å². The Kier molecular flexibility index (Phi) is 9.64. The fourth-order valence-corrected chi connectivity index (χ4v) is 3.53. The molecule has 0 spiro atoms. The molecule has 7 heteroatoms. The topological polar surface area (TPSA) is 87.1 Å². The quantitative estimate of drug-likeness (QED) is 0.431. The lowest BCUT2D eigenvalue weighted by Crippen LogP contribution is -2.45. The molecule has 1 aromatic rings. The smallest absolute Gasteiger partial charge is 0.329 e. The van der Waals surface area contributed by atoms with Gasteiger partial charge in [-0.15, -0.1) is 0 Å². The first-order valence-electron chi connectivity index (χ1n) is 9.63. The number of carbonyl (C=O) groups is 2. The van der Waals surface area contributed by atoms with E-state index >= 15 is 0 Å². The molecule has 1 saturated heterocycles. The average Bonchev–Trinajstić information content (AvgIpc) is 2.63. The zero-order chi connectivity index (χ0) is 20.4. The first-order chi connectivity index (χ1) is 13.5. The summed E-state index contributed by atoms with van der Waals surface area (Å²) in [5.41, 5.74) is 0.942. The number of ketones is 1. The number of carboxylic acids is 1. The molecular weight excluding hydrogens is 382 g/mol. The highest BCUT2D eigenvalue weighted by molar-refractivity contribution is 6.30. The van der Waals surface area contributed by atoms with E-state index in [1.807, 2.05) is 18.2 Å². The first-order valence-corrected chi connectivity index (χ1v) is 10.0. The van der Waals surface area contributed by atoms with E-state index in [0.717, 1.165) is 37.9 Å². The minimum Gasteiger partial charge on any atom is -0.480 e. The molecule has 2 atom stereocenters. The lowest BCUT2D eigenvalue weighted by atomic mass is 9.98. The third-order valence-electron chi connectivity index (χ3n) is 4.65. The summed E-state index contributed by atoms with van der Waals surface area (Å²) >= 11 is 5.97. The Morgan fingerprint density at radius 3 is 2.96 bits per heavy atom. The Bertz CT molecular complexity index is 679. The highest BCUT2D eigenvalue weighted by Crippen LogP contribution is 2.17. The maximum absolute atomic E-state index is 12.3. The van der Waals surface area contributed by atoms with Crippen molar-refractivity contribution in [2.75, 3.05) is 26.3 Å². The second-order valence-corrected chi connectivity index (χ2v) is 7.43. The second kappa shape index (κ2) is 12.0. The molecule has 1 heterocycles. The van der Waals surface area contributed by atoms with Gasteiger partial charge in [0.15, 0.2) is 5.78 Å². The van der Waals surface area contributed by atoms with E-state index < -0.39 is 12.1 Å². The molecule has 0 saturated carbocycles. The first kappa shape index (κ1) is 22.6. The maximum Gasteiger partial charge on any atom is 0.329 e. The Labute approximate surface area is 170 Å². The average molecular weight is 410 g/mol. The monoisotopic (exact) mass is 409 g/mol. The number of hydrogen-bond acceptors (Lipinski definition) is 5. The third kappa shape index (κ3) is 8.10. The van der Waals surface area contributed by atoms with E-state index in [-0.39, 0.29) is 18.4 Å². The van der Waals surface area contributed by atoms with Crippen LogP contribution in [0.5, 0.6) is 0 Å². The summed E-state index contributed by atoms with van der Waals surface area (Å²) in [6.07, 6.45) is 6.21. The van der Waals surface area contributed by atoms with Crippen LogP contribution >= 0.6 is 11.6 Å². The fourth-order valence-electron chi connectivity index (χ4n) is 3.31. The summed E-state index contributed by atoms with van der Waals surface area (Å²) in [6, 6.07) is 7.05. The predicted octanol–water partition coefficient (Wildman–Crippen LogP) is 2.71. The Morgan fingerprint density at radius 2 is 2.21 bits per heavy atom. The molecule has 1 aliphatic rings. The van der Waals surface area contributed by atoms with Crippen LogP contribution in [0.3, 0.4) is 0 Å². The van der Waals surface area contributed by atoms with Gasteiger partial charge in [-0.2, -0.15) is 0 Å². The van der Waals surface area contributed by atoms with Gasteiger partial charge in [0.2, 0.25) is 0 Å². The van der Waals surface area contributed by atoms with E-state index in [0.29, 0.717) is 24.5 Å². The lowest BCUT2D eigenvalue weighted by Gasteiger charge is -2.33. The number of halogens is 1. The largest absolute Gasteiger partial charge is 0.480 e. The highest BCUT2D eigenvalue weighted by atomic mass is 35.5. The number of Topliss-reactive ketones (excluding diaryl/α,β-unsaturated/α-hetero) is 1. The summed E-state index contributed by atoms with van der Waals surface area (Å²) in [4.78, 5) is 24.9. The number of benzene rings is 1. The summed E-state index contributed by atoms with van der Waals surface area (Å²) in [7, 11) is 0. The van der Waals surface area contributed by atoms with Gasteiger partial charge in [-0.3, -0.25) is 9.69 Å². The van der Waals surface area contributed by atoms with Crippen LogP contribution in [-0.2, 0) is 20.7 Å².